The lowest BCUT2D eigenvalue weighted by molar-refractivity contribution is -0.247. The summed E-state index contributed by atoms with van der Waals surface area (Å²) in [6, 6.07) is 5.89. The number of carboxylic acid groups (broad SMARTS) is 1. The van der Waals surface area contributed by atoms with Crippen molar-refractivity contribution in [2.45, 2.75) is 39.2 Å². The van der Waals surface area contributed by atoms with Gasteiger partial charge in [0.25, 0.3) is 0 Å². The van der Waals surface area contributed by atoms with Gasteiger partial charge in [-0.2, -0.15) is 13.2 Å². The second kappa shape index (κ2) is 5.74. The Kier molecular flexibility index (Phi) is 4.03. The Labute approximate surface area is 147 Å². The maximum atomic E-state index is 14.0. The lowest BCUT2D eigenvalue weighted by Gasteiger charge is -2.31. The van der Waals surface area contributed by atoms with Crippen molar-refractivity contribution < 1.29 is 32.9 Å². The number of fused-ring (bicyclic) bond motifs is 3. The molecule has 0 amide bonds. The van der Waals surface area contributed by atoms with Crippen molar-refractivity contribution in [2.75, 3.05) is 0 Å². The molecule has 1 aliphatic carbocycles. The molecule has 4 nitrogen and oxygen atoms in total. The molecular weight excluding hydrogens is 349 g/mol. The number of aliphatic hydroxyl groups is 1. The van der Waals surface area contributed by atoms with E-state index in [9.17, 15) is 23.1 Å². The van der Waals surface area contributed by atoms with E-state index in [1.807, 2.05) is 0 Å². The number of hydrogen-bond donors (Lipinski definition) is 2. The molecule has 3 rings (SSSR count). The molecule has 2 aromatic carbocycles. The molecule has 1 atom stereocenters. The fourth-order valence-corrected chi connectivity index (χ4v) is 3.81. The van der Waals surface area contributed by atoms with E-state index in [1.165, 1.54) is 19.1 Å². The molecule has 1 unspecified atom stereocenters. The molecule has 0 aliphatic heterocycles. The van der Waals surface area contributed by atoms with Crippen LogP contribution in [0.1, 0.15) is 33.4 Å². The van der Waals surface area contributed by atoms with E-state index in [-0.39, 0.29) is 23.3 Å². The molecule has 0 saturated heterocycles. The predicted molar refractivity (Wildman–Crippen MR) is 88.0 cm³/mol. The van der Waals surface area contributed by atoms with Crippen LogP contribution in [0.5, 0.6) is 0 Å². The molecule has 0 heterocycles. The maximum Gasteiger partial charge on any atom is 0.506 e. The van der Waals surface area contributed by atoms with E-state index in [2.05, 4.69) is 4.74 Å². The van der Waals surface area contributed by atoms with Crippen LogP contribution in [0.15, 0.2) is 24.3 Å². The summed E-state index contributed by atoms with van der Waals surface area (Å²) in [4.78, 5) is 10.7. The third-order valence-electron chi connectivity index (χ3n) is 5.17. The molecule has 138 valence electrons. The van der Waals surface area contributed by atoms with Gasteiger partial charge in [0, 0.05) is 11.1 Å². The zero-order chi connectivity index (χ0) is 19.4. The topological polar surface area (TPSA) is 66.8 Å². The number of rotatable bonds is 2. The number of hydrogen-bond acceptors (Lipinski definition) is 3. The number of benzene rings is 2. The van der Waals surface area contributed by atoms with Gasteiger partial charge >= 0.3 is 12.3 Å². The minimum atomic E-state index is -4.94. The van der Waals surface area contributed by atoms with Gasteiger partial charge in [-0.1, -0.05) is 24.3 Å². The van der Waals surface area contributed by atoms with Crippen LogP contribution < -0.4 is 0 Å². The van der Waals surface area contributed by atoms with E-state index < -0.39 is 17.9 Å². The molecule has 0 radical (unpaired) electrons. The SMILES string of the molecule is Cc1c(C)c2c(c(C)c1COC(=O)O)C(O)(C(F)(F)F)c1ccccc1-2. The zero-order valence-corrected chi connectivity index (χ0v) is 14.4. The van der Waals surface area contributed by atoms with Gasteiger partial charge in [0.05, 0.1) is 0 Å². The monoisotopic (exact) mass is 366 g/mol. The summed E-state index contributed by atoms with van der Waals surface area (Å²) in [7, 11) is 0. The summed E-state index contributed by atoms with van der Waals surface area (Å²) in [5.41, 5.74) is -1.24. The summed E-state index contributed by atoms with van der Waals surface area (Å²) in [6.45, 7) is 4.44. The van der Waals surface area contributed by atoms with Gasteiger partial charge in [-0.3, -0.25) is 0 Å². The largest absolute Gasteiger partial charge is 0.506 e. The molecule has 0 fully saturated rings. The summed E-state index contributed by atoms with van der Waals surface area (Å²) < 4.78 is 46.5. The summed E-state index contributed by atoms with van der Waals surface area (Å²) in [5, 5.41) is 19.6. The Morgan fingerprint density at radius 2 is 1.73 bits per heavy atom. The van der Waals surface area contributed by atoms with Crippen molar-refractivity contribution >= 4 is 6.16 Å². The van der Waals surface area contributed by atoms with Crippen molar-refractivity contribution in [3.8, 4) is 11.1 Å². The van der Waals surface area contributed by atoms with E-state index in [0.717, 1.165) is 0 Å². The first-order chi connectivity index (χ1) is 12.0. The Bertz CT molecular complexity index is 918. The van der Waals surface area contributed by atoms with Crippen LogP contribution in [0.2, 0.25) is 0 Å². The van der Waals surface area contributed by atoms with Crippen LogP contribution in [-0.2, 0) is 16.9 Å². The number of alkyl halides is 3. The fourth-order valence-electron chi connectivity index (χ4n) is 3.81. The molecule has 0 aromatic heterocycles. The Morgan fingerprint density at radius 3 is 2.31 bits per heavy atom. The quantitative estimate of drug-likeness (QED) is 0.763. The minimum Gasteiger partial charge on any atom is -0.450 e. The lowest BCUT2D eigenvalue weighted by Crippen LogP contribution is -2.42. The molecule has 26 heavy (non-hydrogen) atoms. The molecule has 0 bridgehead atoms. The smallest absolute Gasteiger partial charge is 0.450 e. The number of carbonyl (C=O) groups is 1. The van der Waals surface area contributed by atoms with E-state index in [0.29, 0.717) is 27.8 Å². The molecule has 7 heteroatoms. The van der Waals surface area contributed by atoms with Crippen molar-refractivity contribution in [1.29, 1.82) is 0 Å². The highest BCUT2D eigenvalue weighted by molar-refractivity contribution is 5.85. The summed E-state index contributed by atoms with van der Waals surface area (Å²) in [6.07, 6.45) is -6.46. The van der Waals surface area contributed by atoms with Gasteiger partial charge in [0.15, 0.2) is 0 Å². The van der Waals surface area contributed by atoms with Gasteiger partial charge in [-0.05, 0) is 54.2 Å². The highest BCUT2D eigenvalue weighted by Crippen LogP contribution is 2.57. The maximum absolute atomic E-state index is 14.0. The standard InChI is InChI=1S/C19H17F3O4/c1-9-10(2)15-12-6-4-5-7-14(12)18(25,19(20,21)22)16(15)11(3)13(9)8-26-17(23)24/h4-7,25H,8H2,1-3H3,(H,23,24). The van der Waals surface area contributed by atoms with E-state index >= 15 is 0 Å². The minimum absolute atomic E-state index is 0.181. The molecular formula is C19H17F3O4. The normalized spacial score (nSPS) is 18.4. The number of ether oxygens (including phenoxy) is 1. The van der Waals surface area contributed by atoms with Crippen LogP contribution in [0, 0.1) is 20.8 Å². The summed E-state index contributed by atoms with van der Waals surface area (Å²) >= 11 is 0. The Balaban J connectivity index is 2.40. The van der Waals surface area contributed by atoms with Crippen LogP contribution in [0.4, 0.5) is 18.0 Å². The molecule has 2 N–H and O–H groups in total. The van der Waals surface area contributed by atoms with Crippen molar-refractivity contribution in [3.63, 3.8) is 0 Å². The predicted octanol–water partition coefficient (Wildman–Crippen LogP) is 4.59. The van der Waals surface area contributed by atoms with Crippen LogP contribution in [0.25, 0.3) is 11.1 Å². The van der Waals surface area contributed by atoms with Gasteiger partial charge < -0.3 is 14.9 Å². The van der Waals surface area contributed by atoms with Crippen LogP contribution in [0.3, 0.4) is 0 Å². The third kappa shape index (κ3) is 2.30. The molecule has 0 saturated carbocycles. The van der Waals surface area contributed by atoms with Gasteiger partial charge in [-0.25, -0.2) is 4.79 Å². The first-order valence-corrected chi connectivity index (χ1v) is 7.89. The van der Waals surface area contributed by atoms with Crippen molar-refractivity contribution in [3.05, 3.63) is 57.6 Å². The molecule has 2 aromatic rings. The fraction of sp³-hybridized carbons (Fsp3) is 0.316. The average molecular weight is 366 g/mol. The van der Waals surface area contributed by atoms with Gasteiger partial charge in [-0.15, -0.1) is 0 Å². The first-order valence-electron chi connectivity index (χ1n) is 7.89. The number of halogens is 3. The highest BCUT2D eigenvalue weighted by Gasteiger charge is 2.61. The van der Waals surface area contributed by atoms with E-state index in [4.69, 9.17) is 5.11 Å². The second-order valence-corrected chi connectivity index (χ2v) is 6.41. The average Bonchev–Trinajstić information content (AvgIpc) is 2.83. The molecule has 1 aliphatic rings. The second-order valence-electron chi connectivity index (χ2n) is 6.41. The van der Waals surface area contributed by atoms with Crippen molar-refractivity contribution in [1.82, 2.24) is 0 Å². The first kappa shape index (κ1) is 18.3. The highest BCUT2D eigenvalue weighted by atomic mass is 19.4. The van der Waals surface area contributed by atoms with E-state index in [1.54, 1.807) is 26.0 Å². The van der Waals surface area contributed by atoms with Gasteiger partial charge in [0.2, 0.25) is 5.60 Å². The van der Waals surface area contributed by atoms with Crippen LogP contribution >= 0.6 is 0 Å². The Hall–Kier alpha value is -2.54. The summed E-state index contributed by atoms with van der Waals surface area (Å²) in [5.74, 6) is 0. The van der Waals surface area contributed by atoms with Crippen molar-refractivity contribution in [2.24, 2.45) is 0 Å². The van der Waals surface area contributed by atoms with Crippen LogP contribution in [-0.4, -0.2) is 22.5 Å². The third-order valence-corrected chi connectivity index (χ3v) is 5.17. The Morgan fingerprint density at radius 1 is 1.12 bits per heavy atom. The zero-order valence-electron chi connectivity index (χ0n) is 14.4. The lowest BCUT2D eigenvalue weighted by atomic mass is 9.83. The molecule has 0 spiro atoms. The van der Waals surface area contributed by atoms with Gasteiger partial charge in [0.1, 0.15) is 6.61 Å².